The van der Waals surface area contributed by atoms with Crippen LogP contribution in [0, 0.1) is 0 Å². The second-order valence-electron chi connectivity index (χ2n) is 2.79. The molecule has 0 saturated heterocycles. The van der Waals surface area contributed by atoms with Gasteiger partial charge in [-0.05, 0) is 12.1 Å². The van der Waals surface area contributed by atoms with Crippen molar-refractivity contribution in [3.63, 3.8) is 0 Å². The van der Waals surface area contributed by atoms with Crippen molar-refractivity contribution in [3.8, 4) is 0 Å². The zero-order valence-electron chi connectivity index (χ0n) is 7.20. The van der Waals surface area contributed by atoms with Crippen LogP contribution < -0.4 is 11.5 Å². The standard InChI is InChI=1S/C8H9FN2O3/c9-8(6(10)12,7(11)13)4-5-2-1-3-14-5/h1-3H,4H2,(H2,10,12)(H2,11,13). The molecule has 1 rings (SSSR count). The lowest BCUT2D eigenvalue weighted by atomic mass is 9.99. The van der Waals surface area contributed by atoms with Crippen LogP contribution in [0.25, 0.3) is 0 Å². The predicted octanol–water partition coefficient (Wildman–Crippen LogP) is -0.499. The Balaban J connectivity index is 2.91. The molecular formula is C8H9FN2O3. The van der Waals surface area contributed by atoms with Gasteiger partial charge >= 0.3 is 0 Å². The number of carbonyl (C=O) groups is 2. The van der Waals surface area contributed by atoms with Crippen molar-refractivity contribution in [1.82, 2.24) is 0 Å². The van der Waals surface area contributed by atoms with E-state index in [2.05, 4.69) is 0 Å². The molecule has 0 aromatic carbocycles. The monoisotopic (exact) mass is 200 g/mol. The summed E-state index contributed by atoms with van der Waals surface area (Å²) in [5.74, 6) is -2.70. The normalized spacial score (nSPS) is 11.2. The minimum absolute atomic E-state index is 0.130. The highest BCUT2D eigenvalue weighted by molar-refractivity contribution is 6.07. The lowest BCUT2D eigenvalue weighted by Crippen LogP contribution is -2.52. The van der Waals surface area contributed by atoms with Gasteiger partial charge in [-0.3, -0.25) is 9.59 Å². The molecule has 76 valence electrons. The van der Waals surface area contributed by atoms with E-state index in [1.54, 1.807) is 0 Å². The summed E-state index contributed by atoms with van der Waals surface area (Å²) in [6.45, 7) is 0. The molecule has 5 nitrogen and oxygen atoms in total. The highest BCUT2D eigenvalue weighted by Crippen LogP contribution is 2.17. The Morgan fingerprint density at radius 3 is 2.36 bits per heavy atom. The molecule has 0 aliphatic heterocycles. The average molecular weight is 200 g/mol. The van der Waals surface area contributed by atoms with Crippen LogP contribution in [0.5, 0.6) is 0 Å². The molecule has 2 amide bonds. The first-order valence-corrected chi connectivity index (χ1v) is 3.78. The van der Waals surface area contributed by atoms with Crippen molar-refractivity contribution in [3.05, 3.63) is 24.2 Å². The molecule has 0 bridgehead atoms. The van der Waals surface area contributed by atoms with E-state index in [9.17, 15) is 14.0 Å². The molecule has 6 heteroatoms. The number of furan rings is 1. The SMILES string of the molecule is NC(=O)C(F)(Cc1ccco1)C(N)=O. The van der Waals surface area contributed by atoms with E-state index in [4.69, 9.17) is 15.9 Å². The Bertz CT molecular complexity index is 333. The number of alkyl halides is 1. The van der Waals surface area contributed by atoms with Gasteiger partial charge in [0.1, 0.15) is 5.76 Å². The van der Waals surface area contributed by atoms with E-state index < -0.39 is 23.9 Å². The van der Waals surface area contributed by atoms with Crippen molar-refractivity contribution in [2.75, 3.05) is 0 Å². The maximum absolute atomic E-state index is 13.6. The van der Waals surface area contributed by atoms with E-state index in [1.807, 2.05) is 0 Å². The van der Waals surface area contributed by atoms with Gasteiger partial charge < -0.3 is 15.9 Å². The molecule has 0 radical (unpaired) electrons. The summed E-state index contributed by atoms with van der Waals surface area (Å²) < 4.78 is 18.4. The van der Waals surface area contributed by atoms with Gasteiger partial charge in [-0.25, -0.2) is 4.39 Å². The maximum Gasteiger partial charge on any atom is 0.272 e. The lowest BCUT2D eigenvalue weighted by Gasteiger charge is -2.15. The number of halogens is 1. The Hall–Kier alpha value is -1.85. The number of hydrogen-bond donors (Lipinski definition) is 2. The van der Waals surface area contributed by atoms with Crippen LogP contribution in [0.1, 0.15) is 5.76 Å². The van der Waals surface area contributed by atoms with Gasteiger partial charge in [-0.1, -0.05) is 0 Å². The molecule has 0 aliphatic rings. The van der Waals surface area contributed by atoms with Gasteiger partial charge in [0.15, 0.2) is 0 Å². The molecule has 1 heterocycles. The third-order valence-electron chi connectivity index (χ3n) is 1.78. The topological polar surface area (TPSA) is 99.3 Å². The Morgan fingerprint density at radius 2 is 2.00 bits per heavy atom. The fourth-order valence-corrected chi connectivity index (χ4v) is 0.949. The van der Waals surface area contributed by atoms with Crippen molar-refractivity contribution in [2.45, 2.75) is 12.1 Å². The number of primary amides is 2. The second-order valence-corrected chi connectivity index (χ2v) is 2.79. The lowest BCUT2D eigenvalue weighted by molar-refractivity contribution is -0.142. The maximum atomic E-state index is 13.6. The Morgan fingerprint density at radius 1 is 1.43 bits per heavy atom. The van der Waals surface area contributed by atoms with Crippen molar-refractivity contribution in [1.29, 1.82) is 0 Å². The van der Waals surface area contributed by atoms with Crippen LogP contribution in [0.15, 0.2) is 22.8 Å². The molecule has 14 heavy (non-hydrogen) atoms. The van der Waals surface area contributed by atoms with Crippen LogP contribution in [0.4, 0.5) is 4.39 Å². The third-order valence-corrected chi connectivity index (χ3v) is 1.78. The van der Waals surface area contributed by atoms with Crippen molar-refractivity contribution < 1.29 is 18.4 Å². The molecule has 0 aliphatic carbocycles. The summed E-state index contributed by atoms with van der Waals surface area (Å²) in [4.78, 5) is 21.4. The average Bonchev–Trinajstić information content (AvgIpc) is 2.55. The fourth-order valence-electron chi connectivity index (χ4n) is 0.949. The minimum atomic E-state index is -2.89. The van der Waals surface area contributed by atoms with Gasteiger partial charge in [-0.15, -0.1) is 0 Å². The second kappa shape index (κ2) is 3.49. The van der Waals surface area contributed by atoms with Gasteiger partial charge in [-0.2, -0.15) is 0 Å². The molecule has 0 unspecified atom stereocenters. The summed E-state index contributed by atoms with van der Waals surface area (Å²) >= 11 is 0. The summed E-state index contributed by atoms with van der Waals surface area (Å²) in [6.07, 6.45) is 0.711. The van der Waals surface area contributed by atoms with Crippen LogP contribution in [-0.4, -0.2) is 17.5 Å². The van der Waals surface area contributed by atoms with Gasteiger partial charge in [0.05, 0.1) is 12.7 Å². The van der Waals surface area contributed by atoms with Crippen molar-refractivity contribution >= 4 is 11.8 Å². The molecule has 1 aromatic heterocycles. The number of nitrogens with two attached hydrogens (primary N) is 2. The molecule has 0 atom stereocenters. The smallest absolute Gasteiger partial charge is 0.272 e. The van der Waals surface area contributed by atoms with Crippen LogP contribution in [-0.2, 0) is 16.0 Å². The summed E-state index contributed by atoms with van der Waals surface area (Å²) in [7, 11) is 0. The predicted molar refractivity (Wildman–Crippen MR) is 44.6 cm³/mol. The van der Waals surface area contributed by atoms with Crippen LogP contribution in [0.2, 0.25) is 0 Å². The highest BCUT2D eigenvalue weighted by Gasteiger charge is 2.44. The molecular weight excluding hydrogens is 191 g/mol. The van der Waals surface area contributed by atoms with E-state index in [1.165, 1.54) is 18.4 Å². The first kappa shape index (κ1) is 10.2. The zero-order chi connectivity index (χ0) is 10.8. The van der Waals surface area contributed by atoms with Crippen molar-refractivity contribution in [2.24, 2.45) is 11.5 Å². The summed E-state index contributed by atoms with van der Waals surface area (Å²) in [5, 5.41) is 0. The Labute approximate surface area is 78.9 Å². The number of hydrogen-bond acceptors (Lipinski definition) is 3. The first-order chi connectivity index (χ1) is 6.47. The van der Waals surface area contributed by atoms with Gasteiger partial charge in [0.25, 0.3) is 17.5 Å². The fraction of sp³-hybridized carbons (Fsp3) is 0.250. The van der Waals surface area contributed by atoms with Crippen LogP contribution in [0.3, 0.4) is 0 Å². The Kier molecular flexibility index (Phi) is 2.55. The zero-order valence-corrected chi connectivity index (χ0v) is 7.20. The number of carbonyl (C=O) groups excluding carboxylic acids is 2. The van der Waals surface area contributed by atoms with Crippen LogP contribution >= 0.6 is 0 Å². The van der Waals surface area contributed by atoms with Gasteiger partial charge in [0, 0.05) is 0 Å². The van der Waals surface area contributed by atoms with Gasteiger partial charge in [0.2, 0.25) is 0 Å². The largest absolute Gasteiger partial charge is 0.469 e. The molecule has 1 aromatic rings. The van der Waals surface area contributed by atoms with E-state index >= 15 is 0 Å². The summed E-state index contributed by atoms with van der Waals surface area (Å²) in [5.41, 5.74) is 6.57. The molecule has 0 fully saturated rings. The quantitative estimate of drug-likeness (QED) is 0.641. The van der Waals surface area contributed by atoms with E-state index in [0.717, 1.165) is 0 Å². The number of amides is 2. The third kappa shape index (κ3) is 1.73. The molecule has 0 spiro atoms. The molecule has 4 N–H and O–H groups in total. The van der Waals surface area contributed by atoms with E-state index in [-0.39, 0.29) is 5.76 Å². The van der Waals surface area contributed by atoms with E-state index in [0.29, 0.717) is 0 Å². The number of rotatable bonds is 4. The first-order valence-electron chi connectivity index (χ1n) is 3.78. The minimum Gasteiger partial charge on any atom is -0.469 e. The summed E-state index contributed by atoms with van der Waals surface area (Å²) in [6, 6.07) is 2.91. The molecule has 0 saturated carbocycles. The highest BCUT2D eigenvalue weighted by atomic mass is 19.1.